The van der Waals surface area contributed by atoms with Gasteiger partial charge < -0.3 is 26.8 Å². The highest BCUT2D eigenvalue weighted by atomic mass is 16.3. The minimum Gasteiger partial charge on any atom is -0.492 e. The van der Waals surface area contributed by atoms with E-state index in [0.717, 1.165) is 5.69 Å². The van der Waals surface area contributed by atoms with Gasteiger partial charge in [-0.25, -0.2) is 9.97 Å². The number of nitrogens with two attached hydrogens (primary N) is 1. The lowest BCUT2D eigenvalue weighted by atomic mass is 10.2. The van der Waals surface area contributed by atoms with Crippen molar-refractivity contribution in [2.24, 2.45) is 0 Å². The van der Waals surface area contributed by atoms with Crippen molar-refractivity contribution in [3.63, 3.8) is 0 Å². The quantitative estimate of drug-likeness (QED) is 0.239. The summed E-state index contributed by atoms with van der Waals surface area (Å²) in [6.07, 6.45) is 7.41. The summed E-state index contributed by atoms with van der Waals surface area (Å²) in [5, 5.41) is 18.4. The average molecular weight is 434 g/mol. The molecule has 11 nitrogen and oxygen atoms in total. The van der Waals surface area contributed by atoms with Crippen LogP contribution in [0.3, 0.4) is 0 Å². The Morgan fingerprint density at radius 3 is 2.66 bits per heavy atom. The molecule has 0 aliphatic carbocycles. The number of rotatable bonds is 9. The van der Waals surface area contributed by atoms with E-state index in [4.69, 9.17) is 12.2 Å². The van der Waals surface area contributed by atoms with Gasteiger partial charge in [-0.2, -0.15) is 9.97 Å². The fourth-order valence-corrected chi connectivity index (χ4v) is 2.75. The maximum atomic E-state index is 12.2. The molecule has 0 aliphatic rings. The summed E-state index contributed by atoms with van der Waals surface area (Å²) in [5.41, 5.74) is 7.69. The molecule has 2 aromatic heterocycles. The van der Waals surface area contributed by atoms with Gasteiger partial charge in [-0.1, -0.05) is 5.92 Å². The first kappa shape index (κ1) is 22.2. The summed E-state index contributed by atoms with van der Waals surface area (Å²) < 4.78 is 0. The molecular weight excluding hydrogens is 412 g/mol. The van der Waals surface area contributed by atoms with Crippen LogP contribution in [0.2, 0.25) is 0 Å². The van der Waals surface area contributed by atoms with E-state index in [1.54, 1.807) is 24.3 Å². The topological polar surface area (TPSA) is 168 Å². The van der Waals surface area contributed by atoms with Gasteiger partial charge in [0.25, 0.3) is 5.91 Å². The first-order chi connectivity index (χ1) is 15.5. The fraction of sp³-hybridized carbons (Fsp3) is 0.238. The number of carbonyl (C=O) groups excluding carboxylic acids is 2. The van der Waals surface area contributed by atoms with Crippen LogP contribution in [0.4, 0.5) is 11.6 Å². The number of amides is 2. The second kappa shape index (κ2) is 10.5. The SMILES string of the molecule is C#CCNC(=O)CCCNC(=O)c1ccc(NCc2cnc3nc(N)nc(O)c3n2)cc1. The number of fused-ring (bicyclic) bond motifs is 1. The van der Waals surface area contributed by atoms with Crippen LogP contribution in [-0.4, -0.2) is 49.9 Å². The van der Waals surface area contributed by atoms with E-state index in [1.165, 1.54) is 6.20 Å². The molecule has 0 spiro atoms. The zero-order valence-electron chi connectivity index (χ0n) is 17.1. The van der Waals surface area contributed by atoms with Crippen molar-refractivity contribution in [1.29, 1.82) is 0 Å². The van der Waals surface area contributed by atoms with E-state index in [9.17, 15) is 14.7 Å². The number of nitrogens with one attached hydrogen (secondary N) is 3. The Morgan fingerprint density at radius 2 is 1.91 bits per heavy atom. The highest BCUT2D eigenvalue weighted by Gasteiger charge is 2.10. The molecular formula is C21H22N8O3. The zero-order chi connectivity index (χ0) is 22.9. The van der Waals surface area contributed by atoms with E-state index in [0.29, 0.717) is 37.2 Å². The molecule has 32 heavy (non-hydrogen) atoms. The fourth-order valence-electron chi connectivity index (χ4n) is 2.75. The monoisotopic (exact) mass is 434 g/mol. The van der Waals surface area contributed by atoms with Crippen molar-refractivity contribution in [3.05, 3.63) is 41.7 Å². The zero-order valence-corrected chi connectivity index (χ0v) is 17.1. The molecule has 0 atom stereocenters. The molecule has 2 amide bonds. The van der Waals surface area contributed by atoms with Gasteiger partial charge in [-0.15, -0.1) is 6.42 Å². The van der Waals surface area contributed by atoms with Crippen LogP contribution in [0.15, 0.2) is 30.5 Å². The molecule has 0 fully saturated rings. The molecule has 0 bridgehead atoms. The van der Waals surface area contributed by atoms with Gasteiger partial charge in [0.15, 0.2) is 11.2 Å². The predicted octanol–water partition coefficient (Wildman–Crippen LogP) is 0.579. The van der Waals surface area contributed by atoms with Crippen molar-refractivity contribution in [2.75, 3.05) is 24.1 Å². The molecule has 0 aliphatic heterocycles. The maximum Gasteiger partial charge on any atom is 0.251 e. The van der Waals surface area contributed by atoms with Crippen LogP contribution in [0.1, 0.15) is 28.9 Å². The molecule has 6 N–H and O–H groups in total. The summed E-state index contributed by atoms with van der Waals surface area (Å²) in [6, 6.07) is 6.90. The highest BCUT2D eigenvalue weighted by Crippen LogP contribution is 2.18. The van der Waals surface area contributed by atoms with Gasteiger partial charge in [-0.05, 0) is 30.7 Å². The number of aromatic nitrogens is 4. The lowest BCUT2D eigenvalue weighted by molar-refractivity contribution is -0.120. The van der Waals surface area contributed by atoms with Gasteiger partial charge in [0, 0.05) is 24.2 Å². The highest BCUT2D eigenvalue weighted by molar-refractivity contribution is 5.94. The molecule has 1 aromatic carbocycles. The second-order valence-corrected chi connectivity index (χ2v) is 6.71. The summed E-state index contributed by atoms with van der Waals surface area (Å²) >= 11 is 0. The lowest BCUT2D eigenvalue weighted by Gasteiger charge is -2.09. The van der Waals surface area contributed by atoms with Gasteiger partial charge in [0.05, 0.1) is 25.0 Å². The second-order valence-electron chi connectivity index (χ2n) is 6.71. The summed E-state index contributed by atoms with van der Waals surface area (Å²) in [5.74, 6) is 1.55. The molecule has 0 saturated carbocycles. The predicted molar refractivity (Wildman–Crippen MR) is 118 cm³/mol. The number of terminal acetylenes is 1. The number of hydrogen-bond donors (Lipinski definition) is 5. The normalized spacial score (nSPS) is 10.3. The van der Waals surface area contributed by atoms with E-state index < -0.39 is 0 Å². The number of benzene rings is 1. The number of nitrogens with zero attached hydrogens (tertiary/aromatic N) is 4. The van der Waals surface area contributed by atoms with Crippen molar-refractivity contribution >= 4 is 34.6 Å². The Kier molecular flexibility index (Phi) is 7.32. The minimum atomic E-state index is -0.328. The van der Waals surface area contributed by atoms with Crippen LogP contribution in [0, 0.1) is 12.3 Å². The van der Waals surface area contributed by atoms with Crippen molar-refractivity contribution in [3.8, 4) is 18.2 Å². The Balaban J connectivity index is 1.48. The Labute approximate surface area is 183 Å². The molecule has 0 unspecified atom stereocenters. The van der Waals surface area contributed by atoms with Crippen molar-refractivity contribution < 1.29 is 14.7 Å². The Hall–Kier alpha value is -4.46. The van der Waals surface area contributed by atoms with E-state index in [-0.39, 0.29) is 41.4 Å². The largest absolute Gasteiger partial charge is 0.492 e. The van der Waals surface area contributed by atoms with Crippen LogP contribution >= 0.6 is 0 Å². The van der Waals surface area contributed by atoms with E-state index in [1.807, 2.05) is 0 Å². The molecule has 3 rings (SSSR count). The number of anilines is 2. The standard InChI is InChI=1S/C21H22N8O3/c1-2-9-23-16(30)4-3-10-24-19(31)13-5-7-14(8-6-13)25-11-15-12-26-18-17(27-15)20(32)29-21(22)28-18/h1,5-8,12,25H,3-4,9-11H2,(H,23,30)(H,24,31)(H3,22,26,28,29,32). The number of aromatic hydroxyl groups is 1. The van der Waals surface area contributed by atoms with Crippen LogP contribution in [-0.2, 0) is 11.3 Å². The number of carbonyl (C=O) groups is 2. The van der Waals surface area contributed by atoms with Crippen LogP contribution < -0.4 is 21.7 Å². The van der Waals surface area contributed by atoms with Gasteiger partial charge in [0.2, 0.25) is 17.7 Å². The van der Waals surface area contributed by atoms with Gasteiger partial charge in [-0.3, -0.25) is 9.59 Å². The van der Waals surface area contributed by atoms with Gasteiger partial charge in [0.1, 0.15) is 0 Å². The third kappa shape index (κ3) is 6.02. The first-order valence-corrected chi connectivity index (χ1v) is 9.76. The van der Waals surface area contributed by atoms with Crippen LogP contribution in [0.5, 0.6) is 5.88 Å². The maximum absolute atomic E-state index is 12.2. The third-order valence-electron chi connectivity index (χ3n) is 4.33. The summed E-state index contributed by atoms with van der Waals surface area (Å²) in [6.45, 7) is 0.913. The number of nitrogen functional groups attached to an aromatic ring is 1. The third-order valence-corrected chi connectivity index (χ3v) is 4.33. The van der Waals surface area contributed by atoms with Gasteiger partial charge >= 0.3 is 0 Å². The first-order valence-electron chi connectivity index (χ1n) is 9.76. The number of hydrogen-bond acceptors (Lipinski definition) is 9. The summed E-state index contributed by atoms with van der Waals surface area (Å²) in [7, 11) is 0. The molecule has 11 heteroatoms. The smallest absolute Gasteiger partial charge is 0.251 e. The molecule has 2 heterocycles. The molecule has 0 radical (unpaired) electrons. The lowest BCUT2D eigenvalue weighted by Crippen LogP contribution is -2.27. The Morgan fingerprint density at radius 1 is 1.12 bits per heavy atom. The molecule has 3 aromatic rings. The summed E-state index contributed by atoms with van der Waals surface area (Å²) in [4.78, 5) is 39.7. The van der Waals surface area contributed by atoms with E-state index >= 15 is 0 Å². The van der Waals surface area contributed by atoms with E-state index in [2.05, 4.69) is 41.8 Å². The molecule has 0 saturated heterocycles. The van der Waals surface area contributed by atoms with Crippen molar-refractivity contribution in [2.45, 2.75) is 19.4 Å². The average Bonchev–Trinajstić information content (AvgIpc) is 2.79. The molecule has 164 valence electrons. The Bertz CT molecular complexity index is 1160. The minimum absolute atomic E-state index is 0.0788. The van der Waals surface area contributed by atoms with Crippen LogP contribution in [0.25, 0.3) is 11.2 Å². The van der Waals surface area contributed by atoms with Crippen molar-refractivity contribution in [1.82, 2.24) is 30.6 Å².